The fourth-order valence-corrected chi connectivity index (χ4v) is 2.05. The Hall–Kier alpha value is -1.92. The summed E-state index contributed by atoms with van der Waals surface area (Å²) >= 11 is 0. The van der Waals surface area contributed by atoms with E-state index in [-0.39, 0.29) is 0 Å². The molecule has 0 atom stereocenters. The molecule has 0 spiro atoms. The first-order valence-corrected chi connectivity index (χ1v) is 6.78. The van der Waals surface area contributed by atoms with Gasteiger partial charge in [-0.2, -0.15) is 0 Å². The fourth-order valence-electron chi connectivity index (χ4n) is 2.05. The third-order valence-corrected chi connectivity index (χ3v) is 3.09. The number of ether oxygens (including phenoxy) is 2. The summed E-state index contributed by atoms with van der Waals surface area (Å²) in [7, 11) is 0. The highest BCUT2D eigenvalue weighted by molar-refractivity contribution is 5.85. The molecule has 0 amide bonds. The Bertz CT molecular complexity index is 512. The molecular formula is C15H18FNO4. The zero-order chi connectivity index (χ0) is 15.1. The van der Waals surface area contributed by atoms with Gasteiger partial charge in [-0.25, -0.2) is 9.18 Å². The van der Waals surface area contributed by atoms with Crippen molar-refractivity contribution in [2.75, 3.05) is 39.5 Å². The maximum atomic E-state index is 13.4. The van der Waals surface area contributed by atoms with Crippen LogP contribution in [-0.2, 0) is 9.53 Å². The molecule has 0 radical (unpaired) electrons. The van der Waals surface area contributed by atoms with Crippen LogP contribution >= 0.6 is 0 Å². The molecule has 0 bridgehead atoms. The molecule has 0 unspecified atom stereocenters. The van der Waals surface area contributed by atoms with Gasteiger partial charge in [-0.05, 0) is 23.8 Å². The number of carboxylic acid groups (broad SMARTS) is 1. The third-order valence-electron chi connectivity index (χ3n) is 3.09. The fraction of sp³-hybridized carbons (Fsp3) is 0.400. The van der Waals surface area contributed by atoms with Crippen LogP contribution in [0.5, 0.6) is 5.75 Å². The van der Waals surface area contributed by atoms with Gasteiger partial charge in [0.25, 0.3) is 0 Å². The summed E-state index contributed by atoms with van der Waals surface area (Å²) in [4.78, 5) is 12.7. The maximum absolute atomic E-state index is 13.4. The van der Waals surface area contributed by atoms with Crippen LogP contribution in [0.2, 0.25) is 0 Å². The topological polar surface area (TPSA) is 59.0 Å². The SMILES string of the molecule is O=C(O)/C=C/c1cc(F)cc(OCCN2CCOCC2)c1. The quantitative estimate of drug-likeness (QED) is 0.808. The summed E-state index contributed by atoms with van der Waals surface area (Å²) in [5.41, 5.74) is 0.457. The Morgan fingerprint density at radius 2 is 2.14 bits per heavy atom. The maximum Gasteiger partial charge on any atom is 0.328 e. The molecule has 1 aromatic carbocycles. The van der Waals surface area contributed by atoms with Crippen molar-refractivity contribution in [3.63, 3.8) is 0 Å². The number of rotatable bonds is 6. The van der Waals surface area contributed by atoms with Crippen molar-refractivity contribution >= 4 is 12.0 Å². The summed E-state index contributed by atoms with van der Waals surface area (Å²) in [6, 6.07) is 4.16. The molecule has 6 heteroatoms. The van der Waals surface area contributed by atoms with Gasteiger partial charge in [0.05, 0.1) is 13.2 Å². The minimum atomic E-state index is -1.07. The molecular weight excluding hydrogens is 277 g/mol. The number of halogens is 1. The largest absolute Gasteiger partial charge is 0.492 e. The Balaban J connectivity index is 1.88. The molecule has 0 aliphatic carbocycles. The van der Waals surface area contributed by atoms with Gasteiger partial charge in [-0.3, -0.25) is 4.90 Å². The van der Waals surface area contributed by atoms with Gasteiger partial charge in [0.15, 0.2) is 0 Å². The average molecular weight is 295 g/mol. The summed E-state index contributed by atoms with van der Waals surface area (Å²) in [6.45, 7) is 4.40. The lowest BCUT2D eigenvalue weighted by molar-refractivity contribution is -0.131. The lowest BCUT2D eigenvalue weighted by Gasteiger charge is -2.26. The molecule has 1 saturated heterocycles. The summed E-state index contributed by atoms with van der Waals surface area (Å²) in [5.74, 6) is -1.13. The lowest BCUT2D eigenvalue weighted by Crippen LogP contribution is -2.38. The number of carbonyl (C=O) groups is 1. The van der Waals surface area contributed by atoms with E-state index in [9.17, 15) is 9.18 Å². The zero-order valence-electron chi connectivity index (χ0n) is 11.6. The highest BCUT2D eigenvalue weighted by Gasteiger charge is 2.10. The van der Waals surface area contributed by atoms with E-state index >= 15 is 0 Å². The van der Waals surface area contributed by atoms with Crippen LogP contribution in [0.3, 0.4) is 0 Å². The molecule has 21 heavy (non-hydrogen) atoms. The van der Waals surface area contributed by atoms with Crippen molar-refractivity contribution < 1.29 is 23.8 Å². The Labute approximate surface area is 122 Å². The Kier molecular flexibility index (Phi) is 5.71. The molecule has 0 aromatic heterocycles. The van der Waals surface area contributed by atoms with E-state index < -0.39 is 11.8 Å². The first-order valence-electron chi connectivity index (χ1n) is 6.78. The van der Waals surface area contributed by atoms with Crippen molar-refractivity contribution in [2.45, 2.75) is 0 Å². The van der Waals surface area contributed by atoms with Gasteiger partial charge in [-0.1, -0.05) is 0 Å². The predicted molar refractivity (Wildman–Crippen MR) is 75.8 cm³/mol. The van der Waals surface area contributed by atoms with E-state index in [4.69, 9.17) is 14.6 Å². The average Bonchev–Trinajstić information content (AvgIpc) is 2.46. The van der Waals surface area contributed by atoms with Gasteiger partial charge >= 0.3 is 5.97 Å². The van der Waals surface area contributed by atoms with Crippen LogP contribution in [0.15, 0.2) is 24.3 Å². The number of hydrogen-bond acceptors (Lipinski definition) is 4. The Morgan fingerprint density at radius 1 is 1.38 bits per heavy atom. The molecule has 1 aliphatic rings. The van der Waals surface area contributed by atoms with Crippen LogP contribution < -0.4 is 4.74 Å². The van der Waals surface area contributed by atoms with E-state index in [2.05, 4.69) is 4.90 Å². The smallest absolute Gasteiger partial charge is 0.328 e. The van der Waals surface area contributed by atoms with E-state index in [1.165, 1.54) is 18.2 Å². The number of hydrogen-bond donors (Lipinski definition) is 1. The van der Waals surface area contributed by atoms with Crippen molar-refractivity contribution in [1.29, 1.82) is 0 Å². The predicted octanol–water partition coefficient (Wildman–Crippen LogP) is 1.63. The highest BCUT2D eigenvalue weighted by atomic mass is 19.1. The molecule has 0 saturated carbocycles. The number of morpholine rings is 1. The zero-order valence-corrected chi connectivity index (χ0v) is 11.6. The standard InChI is InChI=1S/C15H18FNO4/c16-13-9-12(1-2-15(18)19)10-14(11-13)21-8-5-17-3-6-20-7-4-17/h1-2,9-11H,3-8H2,(H,18,19)/b2-1+. The first kappa shape index (κ1) is 15.5. The van der Waals surface area contributed by atoms with E-state index in [1.807, 2.05) is 0 Å². The number of nitrogens with zero attached hydrogens (tertiary/aromatic N) is 1. The van der Waals surface area contributed by atoms with Gasteiger partial charge in [-0.15, -0.1) is 0 Å². The molecule has 114 valence electrons. The van der Waals surface area contributed by atoms with Crippen molar-refractivity contribution in [2.24, 2.45) is 0 Å². The van der Waals surface area contributed by atoms with Gasteiger partial charge in [0.2, 0.25) is 0 Å². The van der Waals surface area contributed by atoms with Crippen LogP contribution in [0, 0.1) is 5.82 Å². The molecule has 1 heterocycles. The van der Waals surface area contributed by atoms with E-state index in [0.717, 1.165) is 38.9 Å². The summed E-state index contributed by atoms with van der Waals surface area (Å²) in [6.07, 6.45) is 2.30. The second-order valence-corrected chi connectivity index (χ2v) is 4.69. The first-order chi connectivity index (χ1) is 10.1. The van der Waals surface area contributed by atoms with Crippen molar-refractivity contribution in [1.82, 2.24) is 4.90 Å². The van der Waals surface area contributed by atoms with E-state index in [1.54, 1.807) is 6.07 Å². The number of carboxylic acids is 1. The monoisotopic (exact) mass is 295 g/mol. The summed E-state index contributed by atoms with van der Waals surface area (Å²) < 4.78 is 24.2. The van der Waals surface area contributed by atoms with Crippen molar-refractivity contribution in [3.8, 4) is 5.75 Å². The second kappa shape index (κ2) is 7.75. The molecule has 1 fully saturated rings. The summed E-state index contributed by atoms with van der Waals surface area (Å²) in [5, 5.41) is 8.57. The normalized spacial score (nSPS) is 16.2. The van der Waals surface area contributed by atoms with Crippen LogP contribution in [0.25, 0.3) is 6.08 Å². The van der Waals surface area contributed by atoms with Gasteiger partial charge < -0.3 is 14.6 Å². The molecule has 2 rings (SSSR count). The second-order valence-electron chi connectivity index (χ2n) is 4.69. The minimum Gasteiger partial charge on any atom is -0.492 e. The third kappa shape index (κ3) is 5.53. The molecule has 1 aliphatic heterocycles. The molecule has 1 N–H and O–H groups in total. The highest BCUT2D eigenvalue weighted by Crippen LogP contribution is 2.17. The minimum absolute atomic E-state index is 0.397. The molecule has 5 nitrogen and oxygen atoms in total. The van der Waals surface area contributed by atoms with Gasteiger partial charge in [0.1, 0.15) is 18.2 Å². The Morgan fingerprint density at radius 3 is 2.86 bits per heavy atom. The van der Waals surface area contributed by atoms with Crippen molar-refractivity contribution in [3.05, 3.63) is 35.7 Å². The van der Waals surface area contributed by atoms with E-state index in [0.29, 0.717) is 17.9 Å². The van der Waals surface area contributed by atoms with Crippen LogP contribution in [0.4, 0.5) is 4.39 Å². The van der Waals surface area contributed by atoms with Crippen LogP contribution in [-0.4, -0.2) is 55.4 Å². The van der Waals surface area contributed by atoms with Crippen LogP contribution in [0.1, 0.15) is 5.56 Å². The molecule has 1 aromatic rings. The van der Waals surface area contributed by atoms with Gasteiger partial charge in [0, 0.05) is 31.8 Å². The number of benzene rings is 1. The number of aliphatic carboxylic acids is 1. The lowest BCUT2D eigenvalue weighted by atomic mass is 10.2.